The zero-order chi connectivity index (χ0) is 18.1. The number of esters is 1. The maximum Gasteiger partial charge on any atom is 0.339 e. The molecular weight excluding hydrogens is 318 g/mol. The molecule has 0 fully saturated rings. The van der Waals surface area contributed by atoms with Gasteiger partial charge in [0.25, 0.3) is 5.91 Å². The SMILES string of the molecule is COC(=O)c1ccccc1NC(=O)/C(C#N)=C\NCc1ccccc1. The zero-order valence-corrected chi connectivity index (χ0v) is 13.7. The number of anilines is 1. The van der Waals surface area contributed by atoms with Gasteiger partial charge in [-0.05, 0) is 17.7 Å². The minimum Gasteiger partial charge on any atom is -0.465 e. The fourth-order valence-electron chi connectivity index (χ4n) is 2.09. The highest BCUT2D eigenvalue weighted by Crippen LogP contribution is 2.16. The highest BCUT2D eigenvalue weighted by atomic mass is 16.5. The lowest BCUT2D eigenvalue weighted by atomic mass is 10.1. The van der Waals surface area contributed by atoms with Crippen molar-refractivity contribution in [1.82, 2.24) is 5.32 Å². The smallest absolute Gasteiger partial charge is 0.339 e. The Labute approximate surface area is 145 Å². The summed E-state index contributed by atoms with van der Waals surface area (Å²) in [4.78, 5) is 24.0. The summed E-state index contributed by atoms with van der Waals surface area (Å²) in [6, 6.07) is 17.8. The van der Waals surface area contributed by atoms with Gasteiger partial charge in [-0.1, -0.05) is 42.5 Å². The lowest BCUT2D eigenvalue weighted by Crippen LogP contribution is -2.18. The van der Waals surface area contributed by atoms with Crippen LogP contribution in [0.1, 0.15) is 15.9 Å². The summed E-state index contributed by atoms with van der Waals surface area (Å²) in [7, 11) is 1.26. The summed E-state index contributed by atoms with van der Waals surface area (Å²) in [5, 5.41) is 14.7. The quantitative estimate of drug-likeness (QED) is 0.481. The molecule has 25 heavy (non-hydrogen) atoms. The molecule has 0 aliphatic carbocycles. The number of hydrogen-bond acceptors (Lipinski definition) is 5. The second kappa shape index (κ2) is 8.89. The van der Waals surface area contributed by atoms with Gasteiger partial charge in [0.1, 0.15) is 11.6 Å². The number of nitrogens with one attached hydrogen (secondary N) is 2. The van der Waals surface area contributed by atoms with Gasteiger partial charge in [0.05, 0.1) is 18.4 Å². The summed E-state index contributed by atoms with van der Waals surface area (Å²) >= 11 is 0. The standard InChI is InChI=1S/C19H17N3O3/c1-25-19(24)16-9-5-6-10-17(16)22-18(23)15(11-20)13-21-12-14-7-3-2-4-8-14/h2-10,13,21H,12H2,1H3,(H,22,23)/b15-13-. The van der Waals surface area contributed by atoms with Crippen LogP contribution >= 0.6 is 0 Å². The van der Waals surface area contributed by atoms with Crippen molar-refractivity contribution in [3.63, 3.8) is 0 Å². The van der Waals surface area contributed by atoms with Gasteiger partial charge in [-0.15, -0.1) is 0 Å². The number of nitrogens with zero attached hydrogens (tertiary/aromatic N) is 1. The summed E-state index contributed by atoms with van der Waals surface area (Å²) in [5.41, 5.74) is 1.42. The average molecular weight is 335 g/mol. The van der Waals surface area contributed by atoms with E-state index in [1.165, 1.54) is 19.4 Å². The first-order chi connectivity index (χ1) is 12.2. The van der Waals surface area contributed by atoms with E-state index in [4.69, 9.17) is 0 Å². The maximum absolute atomic E-state index is 12.3. The van der Waals surface area contributed by atoms with Gasteiger partial charge in [0.2, 0.25) is 0 Å². The van der Waals surface area contributed by atoms with Crippen molar-refractivity contribution in [2.45, 2.75) is 6.54 Å². The van der Waals surface area contributed by atoms with Crippen LogP contribution in [0.4, 0.5) is 5.69 Å². The van der Waals surface area contributed by atoms with Crippen LogP contribution < -0.4 is 10.6 Å². The normalized spacial score (nSPS) is 10.5. The monoisotopic (exact) mass is 335 g/mol. The number of para-hydroxylation sites is 1. The van der Waals surface area contributed by atoms with Crippen molar-refractivity contribution >= 4 is 17.6 Å². The predicted octanol–water partition coefficient (Wildman–Crippen LogP) is 2.61. The molecule has 126 valence electrons. The molecule has 0 aliphatic heterocycles. The van der Waals surface area contributed by atoms with Crippen molar-refractivity contribution < 1.29 is 14.3 Å². The minimum absolute atomic E-state index is 0.101. The lowest BCUT2D eigenvalue weighted by molar-refractivity contribution is -0.112. The van der Waals surface area contributed by atoms with Gasteiger partial charge in [-0.2, -0.15) is 5.26 Å². The van der Waals surface area contributed by atoms with E-state index in [9.17, 15) is 14.9 Å². The number of hydrogen-bond donors (Lipinski definition) is 2. The third-order valence-corrected chi connectivity index (χ3v) is 3.34. The Morgan fingerprint density at radius 3 is 2.48 bits per heavy atom. The topological polar surface area (TPSA) is 91.2 Å². The molecule has 0 aliphatic rings. The summed E-state index contributed by atoms with van der Waals surface area (Å²) in [5.74, 6) is -1.18. The van der Waals surface area contributed by atoms with Crippen LogP contribution in [0.5, 0.6) is 0 Å². The zero-order valence-electron chi connectivity index (χ0n) is 13.7. The Morgan fingerprint density at radius 1 is 1.12 bits per heavy atom. The molecule has 0 unspecified atom stereocenters. The van der Waals surface area contributed by atoms with Gasteiger partial charge in [0, 0.05) is 12.7 Å². The van der Waals surface area contributed by atoms with E-state index in [0.29, 0.717) is 6.54 Å². The molecule has 0 saturated carbocycles. The number of nitriles is 1. The minimum atomic E-state index is -0.612. The molecule has 0 saturated heterocycles. The first-order valence-electron chi connectivity index (χ1n) is 7.52. The molecular formula is C19H17N3O3. The van der Waals surface area contributed by atoms with E-state index in [1.54, 1.807) is 18.2 Å². The Balaban J connectivity index is 2.07. The molecule has 0 radical (unpaired) electrons. The fourth-order valence-corrected chi connectivity index (χ4v) is 2.09. The van der Waals surface area contributed by atoms with Crippen molar-refractivity contribution in [3.05, 3.63) is 77.5 Å². The molecule has 2 rings (SSSR count). The summed E-state index contributed by atoms with van der Waals surface area (Å²) < 4.78 is 4.68. The van der Waals surface area contributed by atoms with Crippen LogP contribution in [0.3, 0.4) is 0 Å². The van der Waals surface area contributed by atoms with Gasteiger partial charge in [-0.25, -0.2) is 4.79 Å². The second-order valence-electron chi connectivity index (χ2n) is 5.03. The molecule has 6 nitrogen and oxygen atoms in total. The third-order valence-electron chi connectivity index (χ3n) is 3.34. The first kappa shape index (κ1) is 17.8. The van der Waals surface area contributed by atoms with Gasteiger partial charge < -0.3 is 15.4 Å². The van der Waals surface area contributed by atoms with E-state index >= 15 is 0 Å². The molecule has 2 N–H and O–H groups in total. The molecule has 0 heterocycles. The Hall–Kier alpha value is -3.59. The van der Waals surface area contributed by atoms with Crippen molar-refractivity contribution in [2.24, 2.45) is 0 Å². The Kier molecular flexibility index (Phi) is 6.32. The highest BCUT2D eigenvalue weighted by Gasteiger charge is 2.15. The Bertz CT molecular complexity index is 823. The second-order valence-corrected chi connectivity index (χ2v) is 5.03. The largest absolute Gasteiger partial charge is 0.465 e. The van der Waals surface area contributed by atoms with E-state index in [0.717, 1.165) is 5.56 Å². The number of methoxy groups -OCH3 is 1. The Morgan fingerprint density at radius 2 is 1.80 bits per heavy atom. The molecule has 0 aromatic heterocycles. The van der Waals surface area contributed by atoms with Crippen LogP contribution in [0, 0.1) is 11.3 Å². The van der Waals surface area contributed by atoms with E-state index in [1.807, 2.05) is 36.4 Å². The number of rotatable bonds is 6. The van der Waals surface area contributed by atoms with E-state index in [-0.39, 0.29) is 16.8 Å². The maximum atomic E-state index is 12.3. The molecule has 2 aromatic rings. The third kappa shape index (κ3) is 4.94. The molecule has 0 atom stereocenters. The summed E-state index contributed by atoms with van der Waals surface area (Å²) in [6.45, 7) is 0.484. The van der Waals surface area contributed by atoms with Crippen LogP contribution in [0.15, 0.2) is 66.4 Å². The van der Waals surface area contributed by atoms with Gasteiger partial charge in [0.15, 0.2) is 0 Å². The van der Waals surface area contributed by atoms with E-state index < -0.39 is 11.9 Å². The first-order valence-corrected chi connectivity index (χ1v) is 7.52. The molecule has 0 spiro atoms. The van der Waals surface area contributed by atoms with Crippen molar-refractivity contribution in [1.29, 1.82) is 5.26 Å². The van der Waals surface area contributed by atoms with Crippen LogP contribution in [-0.4, -0.2) is 19.0 Å². The number of carbonyl (C=O) groups excluding carboxylic acids is 2. The highest BCUT2D eigenvalue weighted by molar-refractivity contribution is 6.09. The predicted molar refractivity (Wildman–Crippen MR) is 93.4 cm³/mol. The number of benzene rings is 2. The van der Waals surface area contributed by atoms with Crippen LogP contribution in [0.2, 0.25) is 0 Å². The lowest BCUT2D eigenvalue weighted by Gasteiger charge is -2.09. The molecule has 6 heteroatoms. The molecule has 0 bridgehead atoms. The fraction of sp³-hybridized carbons (Fsp3) is 0.105. The van der Waals surface area contributed by atoms with Crippen LogP contribution in [0.25, 0.3) is 0 Å². The number of carbonyl (C=O) groups is 2. The number of amides is 1. The van der Waals surface area contributed by atoms with Crippen molar-refractivity contribution in [3.8, 4) is 6.07 Å². The molecule has 2 aromatic carbocycles. The van der Waals surface area contributed by atoms with Gasteiger partial charge in [-0.3, -0.25) is 4.79 Å². The molecule has 1 amide bonds. The summed E-state index contributed by atoms with van der Waals surface area (Å²) in [6.07, 6.45) is 1.35. The van der Waals surface area contributed by atoms with Crippen molar-refractivity contribution in [2.75, 3.05) is 12.4 Å². The van der Waals surface area contributed by atoms with E-state index in [2.05, 4.69) is 15.4 Å². The number of ether oxygens (including phenoxy) is 1. The average Bonchev–Trinajstić information content (AvgIpc) is 2.65. The van der Waals surface area contributed by atoms with Crippen LogP contribution in [-0.2, 0) is 16.1 Å². The van der Waals surface area contributed by atoms with Gasteiger partial charge >= 0.3 is 5.97 Å².